The van der Waals surface area contributed by atoms with E-state index in [4.69, 9.17) is 26.8 Å². The first kappa shape index (κ1) is 20.1. The lowest BCUT2D eigenvalue weighted by Crippen LogP contribution is -2.53. The number of hydrogen-bond acceptors (Lipinski definition) is 6. The van der Waals surface area contributed by atoms with Crippen molar-refractivity contribution >= 4 is 41.2 Å². The van der Waals surface area contributed by atoms with Gasteiger partial charge < -0.3 is 14.6 Å². The molecule has 1 atom stereocenters. The highest BCUT2D eigenvalue weighted by Crippen LogP contribution is 2.30. The zero-order valence-corrected chi connectivity index (χ0v) is 15.5. The van der Waals surface area contributed by atoms with Gasteiger partial charge in [-0.15, -0.1) is 6.58 Å². The quantitative estimate of drug-likeness (QED) is 0.313. The Hall–Kier alpha value is -3.20. The van der Waals surface area contributed by atoms with E-state index in [1.807, 2.05) is 0 Å². The zero-order valence-electron chi connectivity index (χ0n) is 14.7. The molecule has 142 valence electrons. The van der Waals surface area contributed by atoms with Crippen molar-refractivity contribution in [1.29, 1.82) is 0 Å². The van der Waals surface area contributed by atoms with Crippen molar-refractivity contribution in [2.24, 2.45) is 0 Å². The molecule has 0 spiro atoms. The van der Waals surface area contributed by atoms with Crippen LogP contribution < -0.4 is 14.8 Å². The second kappa shape index (κ2) is 8.45. The maximum absolute atomic E-state index is 12.5. The van der Waals surface area contributed by atoms with Gasteiger partial charge in [0.1, 0.15) is 5.57 Å². The molecular weight excluding hydrogens is 372 g/mol. The molecule has 0 unspecified atom stereocenters. The Morgan fingerprint density at radius 3 is 2.70 bits per heavy atom. The number of rotatable bonds is 7. The number of hydrogen-bond donors (Lipinski definition) is 2. The molecule has 27 heavy (non-hydrogen) atoms. The van der Waals surface area contributed by atoms with Gasteiger partial charge in [0.15, 0.2) is 22.7 Å². The Bertz CT molecular complexity index is 848. The van der Waals surface area contributed by atoms with Gasteiger partial charge in [0.2, 0.25) is 0 Å². The molecule has 1 aromatic rings. The number of nitrogens with one attached hydrogen (secondary N) is 1. The molecule has 1 fully saturated rings. The zero-order chi connectivity index (χ0) is 20.1. The molecule has 1 heterocycles. The second-order valence-electron chi connectivity index (χ2n) is 5.53. The molecule has 1 aliphatic heterocycles. The van der Waals surface area contributed by atoms with Crippen LogP contribution in [0, 0.1) is 0 Å². The number of methoxy groups -OCH3 is 1. The average molecular weight is 390 g/mol. The van der Waals surface area contributed by atoms with E-state index < -0.39 is 23.9 Å². The summed E-state index contributed by atoms with van der Waals surface area (Å²) in [6.07, 6.45) is 1.82. The summed E-state index contributed by atoms with van der Waals surface area (Å²) in [5.74, 6) is -1.78. The Labute approximate surface area is 161 Å². The van der Waals surface area contributed by atoms with Gasteiger partial charge in [0.05, 0.1) is 7.11 Å². The fraction of sp³-hybridized carbons (Fsp3) is 0.222. The third-order valence-corrected chi connectivity index (χ3v) is 3.97. The third kappa shape index (κ3) is 4.50. The summed E-state index contributed by atoms with van der Waals surface area (Å²) in [5.41, 5.74) is 0.395. The van der Waals surface area contributed by atoms with Crippen LogP contribution in [0.3, 0.4) is 0 Å². The maximum atomic E-state index is 12.5. The highest BCUT2D eigenvalue weighted by molar-refractivity contribution is 7.80. The molecule has 0 aliphatic carbocycles. The van der Waals surface area contributed by atoms with Crippen molar-refractivity contribution in [3.63, 3.8) is 0 Å². The molecule has 0 saturated carbocycles. The highest BCUT2D eigenvalue weighted by atomic mass is 32.1. The number of carbonyl (C=O) groups is 3. The molecule has 0 bridgehead atoms. The van der Waals surface area contributed by atoms with Crippen LogP contribution in [0.1, 0.15) is 12.5 Å². The van der Waals surface area contributed by atoms with E-state index in [-0.39, 0.29) is 28.7 Å². The molecule has 2 rings (SSSR count). The summed E-state index contributed by atoms with van der Waals surface area (Å²) in [5, 5.41) is 11.4. The first-order valence-electron chi connectivity index (χ1n) is 7.85. The van der Waals surface area contributed by atoms with Crippen molar-refractivity contribution in [3.05, 3.63) is 42.0 Å². The predicted molar refractivity (Wildman–Crippen MR) is 101 cm³/mol. The summed E-state index contributed by atoms with van der Waals surface area (Å²) in [7, 11) is 1.40. The molecular formula is C18H18N2O6S. The number of carboxylic acids is 1. The Kier molecular flexibility index (Phi) is 6.30. The normalized spacial score (nSPS) is 16.7. The predicted octanol–water partition coefficient (Wildman–Crippen LogP) is 1.36. The van der Waals surface area contributed by atoms with Gasteiger partial charge in [-0.1, -0.05) is 12.1 Å². The van der Waals surface area contributed by atoms with Crippen LogP contribution in [0.4, 0.5) is 0 Å². The van der Waals surface area contributed by atoms with Crippen LogP contribution in [0.15, 0.2) is 36.4 Å². The van der Waals surface area contributed by atoms with Crippen molar-refractivity contribution < 1.29 is 29.0 Å². The first-order valence-corrected chi connectivity index (χ1v) is 8.26. The minimum absolute atomic E-state index is 0.0195. The summed E-state index contributed by atoms with van der Waals surface area (Å²) >= 11 is 5.00. The second-order valence-corrected chi connectivity index (χ2v) is 5.92. The Balaban J connectivity index is 2.35. The lowest BCUT2D eigenvalue weighted by atomic mass is 10.1. The van der Waals surface area contributed by atoms with Gasteiger partial charge in [-0.25, -0.2) is 4.79 Å². The fourth-order valence-corrected chi connectivity index (χ4v) is 2.52. The van der Waals surface area contributed by atoms with Gasteiger partial charge in [-0.3, -0.25) is 19.8 Å². The van der Waals surface area contributed by atoms with Gasteiger partial charge in [-0.05, 0) is 42.9 Å². The number of ether oxygens (including phenoxy) is 2. The largest absolute Gasteiger partial charge is 0.493 e. The molecule has 2 N–H and O–H groups in total. The van der Waals surface area contributed by atoms with Crippen LogP contribution in [-0.4, -0.2) is 52.7 Å². The maximum Gasteiger partial charge on any atom is 0.344 e. The Morgan fingerprint density at radius 2 is 2.11 bits per heavy atom. The number of aliphatic carboxylic acids is 1. The molecule has 9 heteroatoms. The monoisotopic (exact) mass is 390 g/mol. The van der Waals surface area contributed by atoms with Crippen LogP contribution in [0.2, 0.25) is 0 Å². The number of carbonyl (C=O) groups excluding carboxylic acids is 2. The fourth-order valence-electron chi connectivity index (χ4n) is 2.27. The van der Waals surface area contributed by atoms with Gasteiger partial charge >= 0.3 is 5.97 Å². The minimum atomic E-state index is -1.12. The molecule has 8 nitrogen and oxygen atoms in total. The summed E-state index contributed by atoms with van der Waals surface area (Å²) in [4.78, 5) is 36.8. The van der Waals surface area contributed by atoms with E-state index in [1.54, 1.807) is 6.07 Å². The lowest BCUT2D eigenvalue weighted by molar-refractivity contribution is -0.144. The van der Waals surface area contributed by atoms with E-state index >= 15 is 0 Å². The SMILES string of the molecule is C=CCN1C(=O)/C(=C/c2ccc(O[C@@H](C)C(=O)O)c(OC)c2)C(=O)NC1=S. The smallest absolute Gasteiger partial charge is 0.344 e. The minimum Gasteiger partial charge on any atom is -0.493 e. The van der Waals surface area contributed by atoms with E-state index in [0.717, 1.165) is 0 Å². The summed E-state index contributed by atoms with van der Waals surface area (Å²) in [6.45, 7) is 5.12. The number of amides is 2. The topological polar surface area (TPSA) is 105 Å². The molecule has 1 aliphatic rings. The molecule has 0 aromatic heterocycles. The van der Waals surface area contributed by atoms with E-state index in [9.17, 15) is 14.4 Å². The van der Waals surface area contributed by atoms with Crippen molar-refractivity contribution in [2.75, 3.05) is 13.7 Å². The van der Waals surface area contributed by atoms with Crippen LogP contribution in [0.25, 0.3) is 6.08 Å². The van der Waals surface area contributed by atoms with Gasteiger partial charge in [0, 0.05) is 6.54 Å². The molecule has 2 amide bonds. The average Bonchev–Trinajstić information content (AvgIpc) is 2.63. The van der Waals surface area contributed by atoms with Crippen LogP contribution in [0.5, 0.6) is 11.5 Å². The standard InChI is InChI=1S/C18H18N2O6S/c1-4-7-20-16(22)12(15(21)19-18(20)27)8-11-5-6-13(14(9-11)25-3)26-10(2)17(23)24/h4-6,8-10H,1,7H2,2-3H3,(H,23,24)(H,19,21,27)/b12-8+/t10-/m0/s1. The number of thiocarbonyl (C=S) groups is 1. The van der Waals surface area contributed by atoms with Crippen LogP contribution in [-0.2, 0) is 14.4 Å². The number of benzene rings is 1. The lowest BCUT2D eigenvalue weighted by Gasteiger charge is -2.27. The number of nitrogens with zero attached hydrogens (tertiary/aromatic N) is 1. The summed E-state index contributed by atoms with van der Waals surface area (Å²) < 4.78 is 10.5. The van der Waals surface area contributed by atoms with Gasteiger partial charge in [0.25, 0.3) is 11.8 Å². The Morgan fingerprint density at radius 1 is 1.41 bits per heavy atom. The van der Waals surface area contributed by atoms with Crippen molar-refractivity contribution in [2.45, 2.75) is 13.0 Å². The van der Waals surface area contributed by atoms with Crippen molar-refractivity contribution in [3.8, 4) is 11.5 Å². The molecule has 0 radical (unpaired) electrons. The van der Waals surface area contributed by atoms with E-state index in [1.165, 1.54) is 43.2 Å². The van der Waals surface area contributed by atoms with E-state index in [2.05, 4.69) is 11.9 Å². The first-order chi connectivity index (χ1) is 12.8. The molecule has 1 saturated heterocycles. The van der Waals surface area contributed by atoms with E-state index in [0.29, 0.717) is 5.56 Å². The van der Waals surface area contributed by atoms with Gasteiger partial charge in [-0.2, -0.15) is 0 Å². The summed E-state index contributed by atoms with van der Waals surface area (Å²) in [6, 6.07) is 4.61. The molecule has 1 aromatic carbocycles. The number of carboxylic acid groups (broad SMARTS) is 1. The van der Waals surface area contributed by atoms with Crippen molar-refractivity contribution in [1.82, 2.24) is 10.2 Å². The van der Waals surface area contributed by atoms with Crippen LogP contribution >= 0.6 is 12.2 Å². The highest BCUT2D eigenvalue weighted by Gasteiger charge is 2.32. The third-order valence-electron chi connectivity index (χ3n) is 3.65.